The lowest BCUT2D eigenvalue weighted by Crippen LogP contribution is -2.47. The van der Waals surface area contributed by atoms with Gasteiger partial charge in [0.1, 0.15) is 11.9 Å². The largest absolute Gasteiger partial charge is 0.462 e. The summed E-state index contributed by atoms with van der Waals surface area (Å²) in [6.45, 7) is 10.7. The minimum Gasteiger partial charge on any atom is -0.462 e. The molecule has 0 spiro atoms. The van der Waals surface area contributed by atoms with Crippen molar-refractivity contribution in [2.75, 3.05) is 18.0 Å². The third-order valence-electron chi connectivity index (χ3n) is 4.98. The van der Waals surface area contributed by atoms with E-state index in [0.29, 0.717) is 6.61 Å². The van der Waals surface area contributed by atoms with Crippen LogP contribution < -0.4 is 4.90 Å². The van der Waals surface area contributed by atoms with Gasteiger partial charge in [0.25, 0.3) is 0 Å². The van der Waals surface area contributed by atoms with Gasteiger partial charge in [-0.2, -0.15) is 0 Å². The van der Waals surface area contributed by atoms with E-state index in [2.05, 4.69) is 9.88 Å². The van der Waals surface area contributed by atoms with Gasteiger partial charge in [0.15, 0.2) is 0 Å². The second kappa shape index (κ2) is 7.70. The second-order valence-electron chi connectivity index (χ2n) is 7.68. The van der Waals surface area contributed by atoms with Gasteiger partial charge in [-0.05, 0) is 39.3 Å². The lowest BCUT2D eigenvalue weighted by Gasteiger charge is -2.37. The van der Waals surface area contributed by atoms with Crippen LogP contribution >= 0.6 is 0 Å². The van der Waals surface area contributed by atoms with Crippen molar-refractivity contribution in [1.29, 1.82) is 0 Å². The lowest BCUT2D eigenvalue weighted by atomic mass is 9.89. The molecule has 1 aromatic heterocycles. The van der Waals surface area contributed by atoms with E-state index in [0.717, 1.165) is 37.3 Å². The molecule has 25 heavy (non-hydrogen) atoms. The van der Waals surface area contributed by atoms with Crippen molar-refractivity contribution in [2.45, 2.75) is 71.4 Å². The molecular formula is C19H30N2O4. The number of nitrogens with zero attached hydrogens (tertiary/aromatic N) is 2. The van der Waals surface area contributed by atoms with Gasteiger partial charge in [-0.15, -0.1) is 0 Å². The minimum atomic E-state index is -0.924. The van der Waals surface area contributed by atoms with E-state index >= 15 is 0 Å². The van der Waals surface area contributed by atoms with Crippen LogP contribution in [0.3, 0.4) is 0 Å². The van der Waals surface area contributed by atoms with Crippen LogP contribution in [0.1, 0.15) is 53.0 Å². The number of anilines is 1. The Labute approximate surface area is 150 Å². The van der Waals surface area contributed by atoms with Crippen molar-refractivity contribution in [2.24, 2.45) is 0 Å². The molecule has 0 aromatic carbocycles. The van der Waals surface area contributed by atoms with Crippen LogP contribution in [0.5, 0.6) is 0 Å². The van der Waals surface area contributed by atoms with Gasteiger partial charge in [-0.25, -0.2) is 4.98 Å². The summed E-state index contributed by atoms with van der Waals surface area (Å²) in [5, 5.41) is 10.1. The summed E-state index contributed by atoms with van der Waals surface area (Å²) in [6, 6.07) is 3.99. The smallest absolute Gasteiger partial charge is 0.302 e. The Balaban J connectivity index is 1.87. The molecular weight excluding hydrogens is 320 g/mol. The third-order valence-corrected chi connectivity index (χ3v) is 4.98. The number of carbonyl (C=O) groups is 1. The lowest BCUT2D eigenvalue weighted by molar-refractivity contribution is -0.153. The van der Waals surface area contributed by atoms with Crippen molar-refractivity contribution in [3.8, 4) is 0 Å². The average Bonchev–Trinajstić information content (AvgIpc) is 2.53. The molecule has 1 N–H and O–H groups in total. The van der Waals surface area contributed by atoms with E-state index in [4.69, 9.17) is 9.47 Å². The molecule has 0 atom stereocenters. The zero-order chi connectivity index (χ0) is 18.7. The van der Waals surface area contributed by atoms with Gasteiger partial charge < -0.3 is 19.5 Å². The normalized spacial score (nSPS) is 16.8. The third kappa shape index (κ3) is 5.41. The van der Waals surface area contributed by atoms with Crippen molar-refractivity contribution >= 4 is 11.8 Å². The van der Waals surface area contributed by atoms with E-state index in [-0.39, 0.29) is 12.1 Å². The van der Waals surface area contributed by atoms with Crippen LogP contribution in [0.4, 0.5) is 5.82 Å². The highest BCUT2D eigenvalue weighted by atomic mass is 16.5. The summed E-state index contributed by atoms with van der Waals surface area (Å²) >= 11 is 0. The first kappa shape index (κ1) is 19.7. The number of aliphatic hydroxyl groups is 1. The first-order valence-corrected chi connectivity index (χ1v) is 8.82. The Morgan fingerprint density at radius 1 is 1.28 bits per heavy atom. The molecule has 1 fully saturated rings. The van der Waals surface area contributed by atoms with Crippen LogP contribution in [0.25, 0.3) is 0 Å². The Kier molecular flexibility index (Phi) is 6.06. The molecule has 140 valence electrons. The number of rotatable bonds is 6. The zero-order valence-corrected chi connectivity index (χ0v) is 15.9. The zero-order valence-electron chi connectivity index (χ0n) is 15.9. The Hall–Kier alpha value is -1.66. The molecule has 2 rings (SSSR count). The van der Waals surface area contributed by atoms with Gasteiger partial charge in [0.05, 0.1) is 17.8 Å². The standard InChI is InChI=1S/C19H30N2O4/c1-14(22)25-16-8-10-21(11-9-16)17-7-6-15(12-20-17)13-24-19(4,5)18(2,3)23/h6-7,12,16,23H,8-11,13H2,1-5H3. The first-order valence-electron chi connectivity index (χ1n) is 8.82. The van der Waals surface area contributed by atoms with Crippen LogP contribution in [-0.4, -0.2) is 46.5 Å². The number of carbonyl (C=O) groups excluding carboxylic acids is 1. The average molecular weight is 350 g/mol. The van der Waals surface area contributed by atoms with Crippen molar-refractivity contribution in [3.63, 3.8) is 0 Å². The van der Waals surface area contributed by atoms with E-state index in [1.165, 1.54) is 6.92 Å². The topological polar surface area (TPSA) is 71.9 Å². The molecule has 0 bridgehead atoms. The maximum absolute atomic E-state index is 11.0. The van der Waals surface area contributed by atoms with Crippen molar-refractivity contribution in [3.05, 3.63) is 23.9 Å². The number of pyridine rings is 1. The van der Waals surface area contributed by atoms with Gasteiger partial charge >= 0.3 is 5.97 Å². The molecule has 1 aliphatic rings. The highest BCUT2D eigenvalue weighted by Gasteiger charge is 2.36. The highest BCUT2D eigenvalue weighted by Crippen LogP contribution is 2.26. The van der Waals surface area contributed by atoms with E-state index in [1.54, 1.807) is 13.8 Å². The Morgan fingerprint density at radius 2 is 1.92 bits per heavy atom. The predicted octanol–water partition coefficient (Wildman–Crippen LogP) is 2.68. The van der Waals surface area contributed by atoms with Crippen molar-refractivity contribution in [1.82, 2.24) is 4.98 Å². The number of esters is 1. The fraction of sp³-hybridized carbons (Fsp3) is 0.684. The summed E-state index contributed by atoms with van der Waals surface area (Å²) in [5.74, 6) is 0.710. The van der Waals surface area contributed by atoms with E-state index in [1.807, 2.05) is 32.2 Å². The number of hydrogen-bond donors (Lipinski definition) is 1. The van der Waals surface area contributed by atoms with Gasteiger partial charge in [-0.3, -0.25) is 4.79 Å². The number of aromatic nitrogens is 1. The number of piperidine rings is 1. The molecule has 6 nitrogen and oxygen atoms in total. The van der Waals surface area contributed by atoms with Gasteiger partial charge in [0.2, 0.25) is 0 Å². The quantitative estimate of drug-likeness (QED) is 0.795. The summed E-state index contributed by atoms with van der Waals surface area (Å²) in [4.78, 5) is 17.7. The first-order chi connectivity index (χ1) is 11.6. The van der Waals surface area contributed by atoms with Crippen LogP contribution in [0.2, 0.25) is 0 Å². The molecule has 6 heteroatoms. The maximum Gasteiger partial charge on any atom is 0.302 e. The second-order valence-corrected chi connectivity index (χ2v) is 7.68. The SMILES string of the molecule is CC(=O)OC1CCN(c2ccc(COC(C)(C)C(C)(C)O)cn2)CC1. The summed E-state index contributed by atoms with van der Waals surface area (Å²) in [6.07, 6.45) is 3.48. The van der Waals surface area contributed by atoms with Crippen molar-refractivity contribution < 1.29 is 19.4 Å². The van der Waals surface area contributed by atoms with E-state index in [9.17, 15) is 9.90 Å². The number of ether oxygens (including phenoxy) is 2. The molecule has 0 amide bonds. The molecule has 2 heterocycles. The predicted molar refractivity (Wildman–Crippen MR) is 96.4 cm³/mol. The molecule has 0 aliphatic carbocycles. The monoisotopic (exact) mass is 350 g/mol. The highest BCUT2D eigenvalue weighted by molar-refractivity contribution is 5.66. The maximum atomic E-state index is 11.0. The molecule has 0 unspecified atom stereocenters. The summed E-state index contributed by atoms with van der Waals surface area (Å²) in [7, 11) is 0. The fourth-order valence-corrected chi connectivity index (χ4v) is 2.57. The number of hydrogen-bond acceptors (Lipinski definition) is 6. The minimum absolute atomic E-state index is 0.0190. The Morgan fingerprint density at radius 3 is 2.40 bits per heavy atom. The molecule has 0 saturated carbocycles. The van der Waals surface area contributed by atoms with E-state index < -0.39 is 11.2 Å². The van der Waals surface area contributed by atoms with Gasteiger partial charge in [-0.1, -0.05) is 6.07 Å². The fourth-order valence-electron chi connectivity index (χ4n) is 2.57. The summed E-state index contributed by atoms with van der Waals surface area (Å²) < 4.78 is 11.1. The Bertz CT molecular complexity index is 570. The molecule has 0 radical (unpaired) electrons. The molecule has 1 aromatic rings. The van der Waals surface area contributed by atoms with Gasteiger partial charge in [0, 0.05) is 39.1 Å². The molecule has 1 saturated heterocycles. The summed E-state index contributed by atoms with van der Waals surface area (Å²) in [5.41, 5.74) is -0.604. The molecule has 1 aliphatic heterocycles. The van der Waals surface area contributed by atoms with Crippen LogP contribution in [0, 0.1) is 0 Å². The van der Waals surface area contributed by atoms with Crippen LogP contribution in [-0.2, 0) is 20.9 Å². The van der Waals surface area contributed by atoms with Crippen LogP contribution in [0.15, 0.2) is 18.3 Å².